The van der Waals surface area contributed by atoms with E-state index in [9.17, 15) is 4.79 Å². The zero-order valence-corrected chi connectivity index (χ0v) is 9.37. The van der Waals surface area contributed by atoms with Crippen LogP contribution in [-0.4, -0.2) is 18.9 Å². The van der Waals surface area contributed by atoms with Crippen LogP contribution < -0.4 is 5.32 Å². The van der Waals surface area contributed by atoms with Crippen molar-refractivity contribution in [3.05, 3.63) is 0 Å². The maximum absolute atomic E-state index is 12.0. The fraction of sp³-hybridized carbons (Fsp3) is 0.923. The van der Waals surface area contributed by atoms with Crippen molar-refractivity contribution in [2.75, 3.05) is 13.1 Å². The molecule has 0 amide bonds. The first-order valence-electron chi connectivity index (χ1n) is 6.56. The summed E-state index contributed by atoms with van der Waals surface area (Å²) in [6, 6.07) is 0. The van der Waals surface area contributed by atoms with Gasteiger partial charge in [-0.15, -0.1) is 0 Å². The minimum atomic E-state index is 0.351. The van der Waals surface area contributed by atoms with E-state index >= 15 is 0 Å². The molecule has 1 saturated heterocycles. The van der Waals surface area contributed by atoms with Gasteiger partial charge in [0, 0.05) is 18.9 Å². The summed E-state index contributed by atoms with van der Waals surface area (Å²) in [5.74, 6) is 3.56. The van der Waals surface area contributed by atoms with Crippen LogP contribution in [-0.2, 0) is 4.79 Å². The van der Waals surface area contributed by atoms with Crippen LogP contribution in [0.5, 0.6) is 0 Å². The summed E-state index contributed by atoms with van der Waals surface area (Å²) in [5.41, 5.74) is 0. The topological polar surface area (TPSA) is 29.1 Å². The highest BCUT2D eigenvalue weighted by molar-refractivity contribution is 5.81. The molecule has 0 aromatic rings. The van der Waals surface area contributed by atoms with Crippen LogP contribution >= 0.6 is 0 Å². The molecule has 3 rings (SSSR count). The second kappa shape index (κ2) is 3.89. The van der Waals surface area contributed by atoms with Crippen molar-refractivity contribution in [1.29, 1.82) is 0 Å². The Morgan fingerprint density at radius 3 is 2.73 bits per heavy atom. The lowest BCUT2D eigenvalue weighted by molar-refractivity contribution is -0.123. The van der Waals surface area contributed by atoms with E-state index in [1.54, 1.807) is 0 Å². The number of hydrogen-bond donors (Lipinski definition) is 1. The van der Waals surface area contributed by atoms with Gasteiger partial charge >= 0.3 is 0 Å². The Morgan fingerprint density at radius 1 is 1.20 bits per heavy atom. The Balaban J connectivity index is 1.54. The molecule has 0 radical (unpaired) electrons. The molecule has 3 fully saturated rings. The predicted octanol–water partition coefficient (Wildman–Crippen LogP) is 1.99. The molecule has 1 heterocycles. The molecule has 84 valence electrons. The first kappa shape index (κ1) is 9.83. The lowest BCUT2D eigenvalue weighted by Crippen LogP contribution is -2.22. The predicted molar refractivity (Wildman–Crippen MR) is 59.5 cm³/mol. The Labute approximate surface area is 91.8 Å². The number of rotatable bonds is 3. The van der Waals surface area contributed by atoms with Crippen molar-refractivity contribution in [2.24, 2.45) is 23.7 Å². The molecule has 1 N–H and O–H groups in total. The van der Waals surface area contributed by atoms with Crippen molar-refractivity contribution in [3.8, 4) is 0 Å². The standard InChI is InChI=1S/C13H21NO/c15-13(11-3-4-14-8-11)7-12-6-9-1-2-10(12)5-9/h9-12,14H,1-8H2/t9?,10?,11-,12?/m1/s1. The molecule has 2 nitrogen and oxygen atoms in total. The molecule has 15 heavy (non-hydrogen) atoms. The van der Waals surface area contributed by atoms with Gasteiger partial charge in [0.25, 0.3) is 0 Å². The lowest BCUT2D eigenvalue weighted by atomic mass is 9.83. The van der Waals surface area contributed by atoms with Gasteiger partial charge in [0.05, 0.1) is 0 Å². The highest BCUT2D eigenvalue weighted by Gasteiger charge is 2.40. The maximum Gasteiger partial charge on any atom is 0.137 e. The average molecular weight is 207 g/mol. The van der Waals surface area contributed by atoms with Crippen LogP contribution in [0.25, 0.3) is 0 Å². The fourth-order valence-electron chi connectivity index (χ4n) is 3.98. The van der Waals surface area contributed by atoms with Gasteiger partial charge in [-0.2, -0.15) is 0 Å². The summed E-state index contributed by atoms with van der Waals surface area (Å²) >= 11 is 0. The molecule has 0 aromatic carbocycles. The Hall–Kier alpha value is -0.370. The van der Waals surface area contributed by atoms with Gasteiger partial charge in [0.2, 0.25) is 0 Å². The van der Waals surface area contributed by atoms with Gasteiger partial charge in [-0.3, -0.25) is 4.79 Å². The van der Waals surface area contributed by atoms with E-state index in [0.717, 1.165) is 43.7 Å². The number of hydrogen-bond acceptors (Lipinski definition) is 2. The number of Topliss-reactive ketones (excluding diaryl/α,β-unsaturated/α-hetero) is 1. The largest absolute Gasteiger partial charge is 0.316 e. The van der Waals surface area contributed by atoms with E-state index in [0.29, 0.717) is 11.7 Å². The third-order valence-corrected chi connectivity index (χ3v) is 4.86. The van der Waals surface area contributed by atoms with Crippen molar-refractivity contribution >= 4 is 5.78 Å². The Morgan fingerprint density at radius 2 is 2.13 bits per heavy atom. The van der Waals surface area contributed by atoms with Gasteiger partial charge in [-0.1, -0.05) is 6.42 Å². The van der Waals surface area contributed by atoms with Gasteiger partial charge in [0.15, 0.2) is 0 Å². The fourth-order valence-corrected chi connectivity index (χ4v) is 3.98. The third-order valence-electron chi connectivity index (χ3n) is 4.86. The SMILES string of the molecule is O=C(CC1CC2CCC1C2)[C@@H]1CCNC1. The van der Waals surface area contributed by atoms with E-state index in [1.165, 1.54) is 25.7 Å². The van der Waals surface area contributed by atoms with E-state index in [4.69, 9.17) is 0 Å². The van der Waals surface area contributed by atoms with E-state index in [1.807, 2.05) is 0 Å². The average Bonchev–Trinajstić information content (AvgIpc) is 2.95. The molecular formula is C13H21NO. The zero-order valence-electron chi connectivity index (χ0n) is 9.37. The Bertz CT molecular complexity index is 257. The summed E-state index contributed by atoms with van der Waals surface area (Å²) in [6.45, 7) is 1.99. The number of carbonyl (C=O) groups is 1. The Kier molecular flexibility index (Phi) is 2.55. The third kappa shape index (κ3) is 1.84. The normalized spacial score (nSPS) is 43.7. The van der Waals surface area contributed by atoms with Gasteiger partial charge in [0.1, 0.15) is 5.78 Å². The summed E-state index contributed by atoms with van der Waals surface area (Å²) in [6.07, 6.45) is 7.62. The molecule has 1 aliphatic heterocycles. The first-order valence-corrected chi connectivity index (χ1v) is 6.56. The lowest BCUT2D eigenvalue weighted by Gasteiger charge is -2.21. The summed E-state index contributed by atoms with van der Waals surface area (Å²) in [5, 5.41) is 3.29. The van der Waals surface area contributed by atoms with Crippen LogP contribution in [0.1, 0.15) is 38.5 Å². The molecular weight excluding hydrogens is 186 g/mol. The highest BCUT2D eigenvalue weighted by Crippen LogP contribution is 2.49. The molecule has 3 aliphatic rings. The monoisotopic (exact) mass is 207 g/mol. The van der Waals surface area contributed by atoms with E-state index in [-0.39, 0.29) is 0 Å². The number of fused-ring (bicyclic) bond motifs is 2. The highest BCUT2D eigenvalue weighted by atomic mass is 16.1. The van der Waals surface area contributed by atoms with E-state index in [2.05, 4.69) is 5.32 Å². The maximum atomic E-state index is 12.0. The summed E-state index contributed by atoms with van der Waals surface area (Å²) < 4.78 is 0. The van der Waals surface area contributed by atoms with Crippen molar-refractivity contribution in [3.63, 3.8) is 0 Å². The molecule has 2 aliphatic carbocycles. The minimum absolute atomic E-state index is 0.351. The molecule has 2 saturated carbocycles. The van der Waals surface area contributed by atoms with Crippen LogP contribution in [0.2, 0.25) is 0 Å². The molecule has 2 bridgehead atoms. The second-order valence-electron chi connectivity index (χ2n) is 5.80. The van der Waals surface area contributed by atoms with E-state index < -0.39 is 0 Å². The molecule has 0 aromatic heterocycles. The van der Waals surface area contributed by atoms with Crippen LogP contribution in [0.3, 0.4) is 0 Å². The molecule has 0 spiro atoms. The van der Waals surface area contributed by atoms with Crippen molar-refractivity contribution in [1.82, 2.24) is 5.32 Å². The number of nitrogens with one attached hydrogen (secondary N) is 1. The van der Waals surface area contributed by atoms with Crippen LogP contribution in [0.4, 0.5) is 0 Å². The molecule has 3 unspecified atom stereocenters. The second-order valence-corrected chi connectivity index (χ2v) is 5.80. The summed E-state index contributed by atoms with van der Waals surface area (Å²) in [4.78, 5) is 12.0. The van der Waals surface area contributed by atoms with Crippen LogP contribution in [0.15, 0.2) is 0 Å². The van der Waals surface area contributed by atoms with Crippen LogP contribution in [0, 0.1) is 23.7 Å². The van der Waals surface area contributed by atoms with Crippen molar-refractivity contribution in [2.45, 2.75) is 38.5 Å². The first-order chi connectivity index (χ1) is 7.33. The smallest absolute Gasteiger partial charge is 0.137 e. The zero-order chi connectivity index (χ0) is 10.3. The molecule has 2 heteroatoms. The quantitative estimate of drug-likeness (QED) is 0.767. The number of ketones is 1. The molecule has 4 atom stereocenters. The van der Waals surface area contributed by atoms with Gasteiger partial charge in [-0.05, 0) is 50.0 Å². The van der Waals surface area contributed by atoms with Gasteiger partial charge in [-0.25, -0.2) is 0 Å². The summed E-state index contributed by atoms with van der Waals surface area (Å²) in [7, 11) is 0. The minimum Gasteiger partial charge on any atom is -0.316 e. The van der Waals surface area contributed by atoms with Crippen molar-refractivity contribution < 1.29 is 4.79 Å². The number of carbonyl (C=O) groups excluding carboxylic acids is 1. The van der Waals surface area contributed by atoms with Gasteiger partial charge < -0.3 is 5.32 Å².